The van der Waals surface area contributed by atoms with Gasteiger partial charge in [-0.2, -0.15) is 0 Å². The van der Waals surface area contributed by atoms with Crippen molar-refractivity contribution in [3.05, 3.63) is 192 Å². The molecule has 0 unspecified atom stereocenters. The van der Waals surface area contributed by atoms with Gasteiger partial charge in [-0.25, -0.2) is 9.97 Å². The highest BCUT2D eigenvalue weighted by molar-refractivity contribution is 5.33. The van der Waals surface area contributed by atoms with E-state index in [4.69, 9.17) is 9.47 Å². The minimum Gasteiger partial charge on any atom is -0.481 e. The fourth-order valence-electron chi connectivity index (χ4n) is 8.30. The standard InChI is InChI=1S/2C10H15NO.5C10H15N/c2*1-7(2)9-5-8(3)6-11-10(9)12-4;1-7(2)10-5-8(3)9(4)11-6-10;1-7(2)10-5-8(3)11-9(4)6-10;2*1-7(2)10-5-8(3)6-11-9(10)4;1-7(2)10-6-5-8(3)11-9(10)4/h2*5-7H,1-4H3;5*5-7H,1-4H3. The molecule has 0 bridgehead atoms. The van der Waals surface area contributed by atoms with Gasteiger partial charge < -0.3 is 9.47 Å². The van der Waals surface area contributed by atoms with Crippen molar-refractivity contribution < 1.29 is 9.47 Å². The fourth-order valence-corrected chi connectivity index (χ4v) is 8.30. The van der Waals surface area contributed by atoms with Gasteiger partial charge in [0.15, 0.2) is 0 Å². The Balaban J connectivity index is 0.000000461. The third-order valence-electron chi connectivity index (χ3n) is 13.1. The Morgan fingerprint density at radius 2 is 0.633 bits per heavy atom. The summed E-state index contributed by atoms with van der Waals surface area (Å²) in [7, 11) is 3.31. The molecule has 7 aromatic rings. The fraction of sp³-hybridized carbons (Fsp3) is 0.500. The van der Waals surface area contributed by atoms with Gasteiger partial charge in [-0.1, -0.05) is 121 Å². The summed E-state index contributed by atoms with van der Waals surface area (Å²) in [6, 6.07) is 19.4. The van der Waals surface area contributed by atoms with E-state index < -0.39 is 0 Å². The lowest BCUT2D eigenvalue weighted by atomic mass is 10.0. The minimum absolute atomic E-state index is 0.465. The number of ether oxygens (including phenoxy) is 2. The Hall–Kier alpha value is -6.35. The highest BCUT2D eigenvalue weighted by atomic mass is 16.5. The number of methoxy groups -OCH3 is 2. The maximum atomic E-state index is 5.15. The number of nitrogens with zero attached hydrogens (tertiary/aromatic N) is 7. The molecule has 9 nitrogen and oxygen atoms in total. The summed E-state index contributed by atoms with van der Waals surface area (Å²) in [5.74, 6) is 5.37. The smallest absolute Gasteiger partial charge is 0.216 e. The zero-order valence-corrected chi connectivity index (χ0v) is 54.6. The zero-order valence-electron chi connectivity index (χ0n) is 54.6. The van der Waals surface area contributed by atoms with Crippen molar-refractivity contribution in [3.63, 3.8) is 0 Å². The maximum absolute atomic E-state index is 5.15. The largest absolute Gasteiger partial charge is 0.481 e. The first-order chi connectivity index (χ1) is 36.8. The summed E-state index contributed by atoms with van der Waals surface area (Å²) in [6.45, 7) is 55.2. The Morgan fingerprint density at radius 3 is 0.937 bits per heavy atom. The molecule has 0 N–H and O–H groups in total. The van der Waals surface area contributed by atoms with Crippen molar-refractivity contribution in [3.8, 4) is 11.8 Å². The lowest BCUT2D eigenvalue weighted by Gasteiger charge is -2.10. The first kappa shape index (κ1) is 70.7. The van der Waals surface area contributed by atoms with Crippen LogP contribution in [0.4, 0.5) is 0 Å². The molecule has 0 aliphatic carbocycles. The van der Waals surface area contributed by atoms with Crippen LogP contribution in [0.2, 0.25) is 0 Å². The second-order valence-electron chi connectivity index (χ2n) is 23.2. The quantitative estimate of drug-likeness (QED) is 0.140. The van der Waals surface area contributed by atoms with Gasteiger partial charge in [0.2, 0.25) is 11.8 Å². The zero-order chi connectivity index (χ0) is 60.4. The van der Waals surface area contributed by atoms with Crippen LogP contribution >= 0.6 is 0 Å². The van der Waals surface area contributed by atoms with Crippen molar-refractivity contribution in [2.45, 2.75) is 221 Å². The van der Waals surface area contributed by atoms with Crippen molar-refractivity contribution in [2.75, 3.05) is 14.2 Å². The van der Waals surface area contributed by atoms with Crippen LogP contribution in [0.25, 0.3) is 0 Å². The van der Waals surface area contributed by atoms with Gasteiger partial charge >= 0.3 is 0 Å². The predicted octanol–water partition coefficient (Wildman–Crippen LogP) is 19.2. The SMILES string of the molecule is COc1ncc(C)cc1C(C)C.COc1ncc(C)cc1C(C)C.Cc1cc(C(C)C)cc(C)n1.Cc1cc(C(C)C)cnc1C.Cc1ccc(C(C)C)c(C)n1.Cc1cnc(C)c(C(C)C)c1.Cc1cnc(C)c(C(C)C)c1. The number of pyridine rings is 7. The van der Waals surface area contributed by atoms with Crippen LogP contribution in [0, 0.1) is 83.1 Å². The molecule has 0 atom stereocenters. The topological polar surface area (TPSA) is 109 Å². The molecule has 0 aromatic carbocycles. The number of hydrogen-bond donors (Lipinski definition) is 0. The second kappa shape index (κ2) is 35.3. The predicted molar refractivity (Wildman–Crippen MR) is 338 cm³/mol. The molecule has 0 saturated carbocycles. The first-order valence-electron chi connectivity index (χ1n) is 28.5. The number of aryl methyl sites for hydroxylation is 12. The van der Waals surface area contributed by atoms with Crippen molar-refractivity contribution in [2.24, 2.45) is 0 Å². The van der Waals surface area contributed by atoms with E-state index in [1.165, 1.54) is 72.5 Å². The lowest BCUT2D eigenvalue weighted by Crippen LogP contribution is -1.97. The summed E-state index contributed by atoms with van der Waals surface area (Å²) in [6.07, 6.45) is 9.45. The normalized spacial score (nSPS) is 10.6. The molecule has 0 fully saturated rings. The van der Waals surface area contributed by atoms with E-state index in [9.17, 15) is 0 Å². The summed E-state index contributed by atoms with van der Waals surface area (Å²) in [5, 5.41) is 0. The van der Waals surface area contributed by atoms with E-state index in [-0.39, 0.29) is 0 Å². The van der Waals surface area contributed by atoms with E-state index in [0.717, 1.165) is 45.9 Å². The second-order valence-corrected chi connectivity index (χ2v) is 23.2. The molecule has 0 aliphatic heterocycles. The summed E-state index contributed by atoms with van der Waals surface area (Å²) < 4.78 is 10.3. The van der Waals surface area contributed by atoms with Crippen LogP contribution in [-0.4, -0.2) is 49.1 Å². The van der Waals surface area contributed by atoms with E-state index in [2.05, 4.69) is 228 Å². The number of hydrogen-bond acceptors (Lipinski definition) is 9. The number of rotatable bonds is 9. The summed E-state index contributed by atoms with van der Waals surface area (Å²) in [5.41, 5.74) is 23.3. The molecule has 432 valence electrons. The van der Waals surface area contributed by atoms with Gasteiger partial charge in [0.25, 0.3) is 0 Å². The van der Waals surface area contributed by atoms with Crippen molar-refractivity contribution in [1.82, 2.24) is 34.9 Å². The van der Waals surface area contributed by atoms with Gasteiger partial charge in [0, 0.05) is 82.0 Å². The monoisotopic (exact) mass is 1080 g/mol. The molecule has 0 radical (unpaired) electrons. The molecular weight excluding hydrogens is 971 g/mol. The summed E-state index contributed by atoms with van der Waals surface area (Å²) >= 11 is 0. The van der Waals surface area contributed by atoms with Crippen LogP contribution in [0.5, 0.6) is 11.8 Å². The average Bonchev–Trinajstić information content (AvgIpc) is 3.36. The van der Waals surface area contributed by atoms with Gasteiger partial charge in [0.05, 0.1) is 14.2 Å². The van der Waals surface area contributed by atoms with Crippen LogP contribution in [0.3, 0.4) is 0 Å². The highest BCUT2D eigenvalue weighted by Crippen LogP contribution is 2.26. The van der Waals surface area contributed by atoms with E-state index in [1.54, 1.807) is 14.2 Å². The minimum atomic E-state index is 0.465. The van der Waals surface area contributed by atoms with Gasteiger partial charge in [-0.05, 0) is 210 Å². The van der Waals surface area contributed by atoms with Crippen LogP contribution < -0.4 is 9.47 Å². The first-order valence-corrected chi connectivity index (χ1v) is 28.5. The Kier molecular flexibility index (Phi) is 31.6. The van der Waals surface area contributed by atoms with Gasteiger partial charge in [0.1, 0.15) is 0 Å². The maximum Gasteiger partial charge on any atom is 0.216 e. The van der Waals surface area contributed by atoms with Gasteiger partial charge in [-0.3, -0.25) is 24.9 Å². The highest BCUT2D eigenvalue weighted by Gasteiger charge is 2.10. The van der Waals surface area contributed by atoms with Crippen LogP contribution in [0.15, 0.2) is 85.6 Å². The molecule has 7 aromatic heterocycles. The third kappa shape index (κ3) is 26.0. The molecule has 0 saturated heterocycles. The van der Waals surface area contributed by atoms with Crippen LogP contribution in [-0.2, 0) is 0 Å². The molecule has 0 amide bonds. The van der Waals surface area contributed by atoms with E-state index in [0.29, 0.717) is 41.4 Å². The van der Waals surface area contributed by atoms with E-state index >= 15 is 0 Å². The molecule has 0 aliphatic rings. The molecular formula is C70H105N7O2. The van der Waals surface area contributed by atoms with Crippen LogP contribution in [0.1, 0.15) is 245 Å². The Labute approximate surface area is 481 Å². The molecule has 7 heterocycles. The van der Waals surface area contributed by atoms with Gasteiger partial charge in [-0.15, -0.1) is 0 Å². The lowest BCUT2D eigenvalue weighted by molar-refractivity contribution is 0.390. The third-order valence-corrected chi connectivity index (χ3v) is 13.1. The van der Waals surface area contributed by atoms with E-state index in [1.807, 2.05) is 72.5 Å². The molecule has 9 heteroatoms. The molecule has 7 rings (SSSR count). The Bertz CT molecular complexity index is 2760. The average molecular weight is 1080 g/mol. The Morgan fingerprint density at radius 1 is 0.291 bits per heavy atom. The van der Waals surface area contributed by atoms with Crippen molar-refractivity contribution >= 4 is 0 Å². The summed E-state index contributed by atoms with van der Waals surface area (Å²) in [4.78, 5) is 30.0. The molecule has 0 spiro atoms. The molecule has 79 heavy (non-hydrogen) atoms. The van der Waals surface area contributed by atoms with Crippen molar-refractivity contribution in [1.29, 1.82) is 0 Å². The number of aromatic nitrogens is 7.